The second kappa shape index (κ2) is 4.44. The first kappa shape index (κ1) is 13.0. The van der Waals surface area contributed by atoms with Crippen LogP contribution in [-0.4, -0.2) is 4.98 Å². The van der Waals surface area contributed by atoms with Crippen molar-refractivity contribution in [2.24, 2.45) is 5.92 Å². The Kier molecular flexibility index (Phi) is 3.61. The summed E-state index contributed by atoms with van der Waals surface area (Å²) >= 11 is 0. The minimum Gasteiger partial charge on any atom is -0.260 e. The fraction of sp³-hybridized carbons (Fsp3) is 0.583. The van der Waals surface area contributed by atoms with Gasteiger partial charge in [0.05, 0.1) is 5.56 Å². The maximum absolute atomic E-state index is 12.4. The summed E-state index contributed by atoms with van der Waals surface area (Å²) in [7, 11) is 0. The molecule has 0 N–H and O–H groups in total. The maximum atomic E-state index is 12.4. The number of hydrogen-bond donors (Lipinski definition) is 0. The van der Waals surface area contributed by atoms with Gasteiger partial charge in [-0.3, -0.25) is 4.98 Å². The Balaban J connectivity index is 3.10. The van der Waals surface area contributed by atoms with Gasteiger partial charge in [0.1, 0.15) is 0 Å². The lowest BCUT2D eigenvalue weighted by Gasteiger charge is -2.18. The van der Waals surface area contributed by atoms with Gasteiger partial charge in [0, 0.05) is 17.8 Å². The van der Waals surface area contributed by atoms with Gasteiger partial charge < -0.3 is 0 Å². The molecule has 4 heteroatoms. The highest BCUT2D eigenvalue weighted by molar-refractivity contribution is 5.28. The zero-order chi connectivity index (χ0) is 12.5. The number of aryl methyl sites for hydroxylation is 1. The summed E-state index contributed by atoms with van der Waals surface area (Å²) < 4.78 is 37.3. The van der Waals surface area contributed by atoms with Crippen LogP contribution in [0.1, 0.15) is 43.5 Å². The summed E-state index contributed by atoms with van der Waals surface area (Å²) in [4.78, 5) is 3.95. The van der Waals surface area contributed by atoms with E-state index in [9.17, 15) is 13.2 Å². The van der Waals surface area contributed by atoms with E-state index in [1.165, 1.54) is 6.07 Å². The molecule has 0 spiro atoms. The van der Waals surface area contributed by atoms with Crippen LogP contribution in [0.4, 0.5) is 13.2 Å². The van der Waals surface area contributed by atoms with E-state index in [-0.39, 0.29) is 5.92 Å². The molecule has 1 heterocycles. The number of pyridine rings is 1. The molecule has 1 rings (SSSR count). The first-order chi connectivity index (χ1) is 7.23. The summed E-state index contributed by atoms with van der Waals surface area (Å²) in [5, 5.41) is 0. The van der Waals surface area contributed by atoms with Crippen molar-refractivity contribution in [1.82, 2.24) is 4.98 Å². The normalized spacial score (nSPS) is 14.2. The van der Waals surface area contributed by atoms with Gasteiger partial charge in [-0.15, -0.1) is 0 Å². The second-order valence-corrected chi connectivity index (χ2v) is 4.46. The highest BCUT2D eigenvalue weighted by Gasteiger charge is 2.31. The molecule has 90 valence electrons. The zero-order valence-electron chi connectivity index (χ0n) is 9.89. The fourth-order valence-electron chi connectivity index (χ4n) is 1.53. The Hall–Kier alpha value is -1.06. The number of hydrogen-bond acceptors (Lipinski definition) is 1. The predicted octanol–water partition coefficient (Wildman–Crippen LogP) is 4.17. The van der Waals surface area contributed by atoms with Gasteiger partial charge in [-0.25, -0.2) is 0 Å². The Bertz CT molecular complexity index is 369. The number of rotatable bonds is 2. The van der Waals surface area contributed by atoms with E-state index in [1.807, 2.05) is 20.8 Å². The lowest BCUT2D eigenvalue weighted by molar-refractivity contribution is -0.137. The molecule has 1 aromatic rings. The minimum atomic E-state index is -4.31. The average molecular weight is 231 g/mol. The van der Waals surface area contributed by atoms with Crippen LogP contribution in [0.3, 0.4) is 0 Å². The second-order valence-electron chi connectivity index (χ2n) is 4.46. The van der Waals surface area contributed by atoms with Gasteiger partial charge in [-0.2, -0.15) is 13.2 Å². The topological polar surface area (TPSA) is 12.9 Å². The van der Waals surface area contributed by atoms with Crippen LogP contribution in [0.15, 0.2) is 12.3 Å². The van der Waals surface area contributed by atoms with Crippen LogP contribution in [-0.2, 0) is 6.18 Å². The van der Waals surface area contributed by atoms with Crippen LogP contribution in [0.5, 0.6) is 0 Å². The van der Waals surface area contributed by atoms with Crippen molar-refractivity contribution >= 4 is 0 Å². The van der Waals surface area contributed by atoms with E-state index < -0.39 is 11.7 Å². The number of aromatic nitrogens is 1. The first-order valence-corrected chi connectivity index (χ1v) is 5.27. The van der Waals surface area contributed by atoms with Crippen molar-refractivity contribution in [3.8, 4) is 0 Å². The molecular formula is C12H16F3N. The minimum absolute atomic E-state index is 0.169. The Morgan fingerprint density at radius 1 is 1.19 bits per heavy atom. The molecule has 1 atom stereocenters. The predicted molar refractivity (Wildman–Crippen MR) is 57.2 cm³/mol. The molecule has 1 aromatic heterocycles. The largest absolute Gasteiger partial charge is 0.417 e. The first-order valence-electron chi connectivity index (χ1n) is 5.27. The lowest BCUT2D eigenvalue weighted by Crippen LogP contribution is -2.11. The number of alkyl halides is 3. The molecular weight excluding hydrogens is 215 g/mol. The van der Waals surface area contributed by atoms with Crippen LogP contribution in [0.2, 0.25) is 0 Å². The third-order valence-electron chi connectivity index (χ3n) is 2.88. The summed E-state index contributed by atoms with van der Waals surface area (Å²) in [6.07, 6.45) is -3.39. The van der Waals surface area contributed by atoms with E-state index in [0.717, 1.165) is 11.9 Å². The van der Waals surface area contributed by atoms with Crippen molar-refractivity contribution in [2.45, 2.75) is 39.8 Å². The van der Waals surface area contributed by atoms with Gasteiger partial charge in [0.25, 0.3) is 0 Å². The van der Waals surface area contributed by atoms with E-state index in [0.29, 0.717) is 11.5 Å². The number of nitrogens with zero attached hydrogens (tertiary/aromatic N) is 1. The average Bonchev–Trinajstić information content (AvgIpc) is 2.15. The summed E-state index contributed by atoms with van der Waals surface area (Å²) in [6, 6.07) is 1.17. The molecule has 0 saturated heterocycles. The molecule has 1 nitrogen and oxygen atoms in total. The zero-order valence-corrected chi connectivity index (χ0v) is 9.89. The van der Waals surface area contributed by atoms with E-state index in [2.05, 4.69) is 4.98 Å². The lowest BCUT2D eigenvalue weighted by atomic mass is 9.91. The van der Waals surface area contributed by atoms with Crippen LogP contribution in [0, 0.1) is 12.8 Å². The molecule has 0 aliphatic heterocycles. The molecule has 0 amide bonds. The summed E-state index contributed by atoms with van der Waals surface area (Å²) in [5.41, 5.74) is 0.684. The van der Waals surface area contributed by atoms with Gasteiger partial charge in [-0.05, 0) is 24.5 Å². The highest BCUT2D eigenvalue weighted by Crippen LogP contribution is 2.32. The van der Waals surface area contributed by atoms with E-state index >= 15 is 0 Å². The van der Waals surface area contributed by atoms with Crippen molar-refractivity contribution in [3.63, 3.8) is 0 Å². The molecule has 0 fully saturated rings. The van der Waals surface area contributed by atoms with Gasteiger partial charge in [0.15, 0.2) is 0 Å². The van der Waals surface area contributed by atoms with Crippen molar-refractivity contribution in [1.29, 1.82) is 0 Å². The van der Waals surface area contributed by atoms with Crippen molar-refractivity contribution in [2.75, 3.05) is 0 Å². The molecule has 0 saturated carbocycles. The highest BCUT2D eigenvalue weighted by atomic mass is 19.4. The Morgan fingerprint density at radius 3 is 2.12 bits per heavy atom. The third-order valence-corrected chi connectivity index (χ3v) is 2.88. The van der Waals surface area contributed by atoms with Gasteiger partial charge >= 0.3 is 6.18 Å². The summed E-state index contributed by atoms with van der Waals surface area (Å²) in [6.45, 7) is 7.72. The van der Waals surface area contributed by atoms with Gasteiger partial charge in [-0.1, -0.05) is 20.8 Å². The van der Waals surface area contributed by atoms with Crippen LogP contribution in [0.25, 0.3) is 0 Å². The maximum Gasteiger partial charge on any atom is 0.417 e. The molecule has 0 aliphatic rings. The SMILES string of the molecule is Cc1cc(C(F)(F)F)cnc1C(C)C(C)C. The Morgan fingerprint density at radius 2 is 1.75 bits per heavy atom. The quantitative estimate of drug-likeness (QED) is 0.744. The molecule has 1 unspecified atom stereocenters. The fourth-order valence-corrected chi connectivity index (χ4v) is 1.53. The third kappa shape index (κ3) is 2.74. The van der Waals surface area contributed by atoms with Crippen LogP contribution >= 0.6 is 0 Å². The Labute approximate surface area is 93.7 Å². The molecule has 0 radical (unpaired) electrons. The van der Waals surface area contributed by atoms with E-state index in [4.69, 9.17) is 0 Å². The monoisotopic (exact) mass is 231 g/mol. The molecule has 0 aromatic carbocycles. The standard InChI is InChI=1S/C12H16F3N/c1-7(2)9(4)11-8(3)5-10(6-16-11)12(13,14)15/h5-7,9H,1-4H3. The van der Waals surface area contributed by atoms with Gasteiger partial charge in [0.2, 0.25) is 0 Å². The molecule has 16 heavy (non-hydrogen) atoms. The smallest absolute Gasteiger partial charge is 0.260 e. The summed E-state index contributed by atoms with van der Waals surface area (Å²) in [5.74, 6) is 0.533. The molecule has 0 bridgehead atoms. The molecule has 0 aliphatic carbocycles. The number of halogens is 3. The van der Waals surface area contributed by atoms with E-state index in [1.54, 1.807) is 6.92 Å². The van der Waals surface area contributed by atoms with Crippen molar-refractivity contribution in [3.05, 3.63) is 29.1 Å². The van der Waals surface area contributed by atoms with Crippen LogP contribution < -0.4 is 0 Å². The van der Waals surface area contributed by atoms with Crippen molar-refractivity contribution < 1.29 is 13.2 Å².